The fraction of sp³-hybridized carbons (Fsp3) is 0.947. The first kappa shape index (κ1) is 47.1. The molecule has 0 radical (unpaired) electrons. The lowest BCUT2D eigenvalue weighted by Crippen LogP contribution is -2.66. The molecule has 0 aromatic heterocycles. The van der Waals surface area contributed by atoms with Crippen molar-refractivity contribution in [3.8, 4) is 6.07 Å². The van der Waals surface area contributed by atoms with Crippen LogP contribution in [0.15, 0.2) is 0 Å². The normalized spacial score (nSPS) is 49.9. The zero-order valence-corrected chi connectivity index (χ0v) is 35.8. The number of carbonyl (C=O) groups is 1. The molecule has 0 amide bonds. The van der Waals surface area contributed by atoms with Gasteiger partial charge in [-0.25, -0.2) is 4.18 Å². The number of nitrogens with one attached hydrogen (secondary N) is 1. The number of rotatable bonds is 7. The van der Waals surface area contributed by atoms with Crippen LogP contribution in [0.3, 0.4) is 0 Å². The summed E-state index contributed by atoms with van der Waals surface area (Å²) < 4.78 is 70.2. The Morgan fingerprint density at radius 3 is 2.27 bits per heavy atom. The summed E-state index contributed by atoms with van der Waals surface area (Å²) in [6.45, 7) is 17.0. The highest BCUT2D eigenvalue weighted by Gasteiger charge is 2.59. The minimum absolute atomic E-state index is 0.0664. The van der Waals surface area contributed by atoms with Crippen molar-refractivity contribution >= 4 is 16.3 Å². The second-order valence-corrected chi connectivity index (χ2v) is 19.1. The quantitative estimate of drug-likeness (QED) is 0.229. The number of ether oxygens (including phenoxy) is 6. The predicted octanol–water partition coefficient (Wildman–Crippen LogP) is 1.50. The largest absolute Gasteiger partial charge is 0.459 e. The van der Waals surface area contributed by atoms with E-state index in [4.69, 9.17) is 32.6 Å². The molecule has 5 N–H and O–H groups in total. The maximum Gasteiger partial charge on any atom is 0.338 e. The number of aliphatic hydroxyl groups excluding tert-OH is 1. The molecule has 0 aromatic carbocycles. The van der Waals surface area contributed by atoms with E-state index in [1.54, 1.807) is 55.4 Å². The third-order valence-electron chi connectivity index (χ3n) is 12.9. The molecule has 17 nitrogen and oxygen atoms in total. The van der Waals surface area contributed by atoms with Crippen LogP contribution in [0.4, 0.5) is 0 Å². The molecule has 0 aliphatic carbocycles. The van der Waals surface area contributed by atoms with Gasteiger partial charge in [-0.3, -0.25) is 4.79 Å². The third kappa shape index (κ3) is 9.25. The van der Waals surface area contributed by atoms with Crippen molar-refractivity contribution in [2.24, 2.45) is 17.8 Å². The average molecular weight is 822 g/mol. The SMILES string of the molecule is CC[C@H]1OC(=O)[C@H](C)[C@@H](O[C@H]2C[C@@](C)(OC)[C@](O)(CC#N)[C@H](C)O2)[C@H](C)[C@@H](O[C@@H]2O[C@H](C)C[C@H]3[C@H]2OS(=O)(=O)N3C)[C@](C)(O)C[C@@H](C)CN[C@H](C)[C@@H](O)[C@]1(C)O. The number of nitriles is 1. The molecule has 0 aromatic rings. The van der Waals surface area contributed by atoms with Crippen LogP contribution in [-0.4, -0.2) is 150 Å². The highest BCUT2D eigenvalue weighted by Crippen LogP contribution is 2.45. The minimum Gasteiger partial charge on any atom is -0.459 e. The van der Waals surface area contributed by atoms with Crippen molar-refractivity contribution in [2.45, 2.75) is 191 Å². The second kappa shape index (κ2) is 17.6. The summed E-state index contributed by atoms with van der Waals surface area (Å²) >= 11 is 0. The summed E-state index contributed by atoms with van der Waals surface area (Å²) in [7, 11) is -1.26. The molecule has 18 heteroatoms. The maximum atomic E-state index is 14.3. The second-order valence-electron chi connectivity index (χ2n) is 17.4. The molecule has 4 fully saturated rings. The Morgan fingerprint density at radius 2 is 1.68 bits per heavy atom. The number of methoxy groups -OCH3 is 1. The van der Waals surface area contributed by atoms with Gasteiger partial charge in [0.05, 0.1) is 54.5 Å². The molecule has 56 heavy (non-hydrogen) atoms. The number of fused-ring (bicyclic) bond motifs is 1. The molecule has 18 atom stereocenters. The Morgan fingerprint density at radius 1 is 1.04 bits per heavy atom. The van der Waals surface area contributed by atoms with Crippen LogP contribution in [-0.2, 0) is 47.7 Å². The van der Waals surface area contributed by atoms with Gasteiger partial charge in [-0.05, 0) is 80.2 Å². The van der Waals surface area contributed by atoms with Crippen LogP contribution in [0.5, 0.6) is 0 Å². The van der Waals surface area contributed by atoms with Crippen LogP contribution in [0.25, 0.3) is 0 Å². The van der Waals surface area contributed by atoms with Gasteiger partial charge in [0.15, 0.2) is 12.6 Å². The zero-order chi connectivity index (χ0) is 42.3. The van der Waals surface area contributed by atoms with Gasteiger partial charge in [0.25, 0.3) is 0 Å². The Bertz CT molecular complexity index is 1510. The van der Waals surface area contributed by atoms with Crippen molar-refractivity contribution in [3.05, 3.63) is 0 Å². The highest BCUT2D eigenvalue weighted by atomic mass is 32.2. The summed E-state index contributed by atoms with van der Waals surface area (Å²) in [5.74, 6) is -3.06. The van der Waals surface area contributed by atoms with Crippen molar-refractivity contribution in [2.75, 3.05) is 20.7 Å². The van der Waals surface area contributed by atoms with E-state index in [1.165, 1.54) is 21.1 Å². The summed E-state index contributed by atoms with van der Waals surface area (Å²) in [5.41, 5.74) is -6.61. The van der Waals surface area contributed by atoms with E-state index >= 15 is 0 Å². The van der Waals surface area contributed by atoms with Crippen molar-refractivity contribution in [1.82, 2.24) is 9.62 Å². The molecule has 4 aliphatic rings. The minimum atomic E-state index is -4.10. The first-order valence-electron chi connectivity index (χ1n) is 19.8. The fourth-order valence-electron chi connectivity index (χ4n) is 9.18. The molecule has 4 rings (SSSR count). The topological polar surface area (TPSA) is 236 Å². The van der Waals surface area contributed by atoms with E-state index < -0.39 is 118 Å². The van der Waals surface area contributed by atoms with Crippen LogP contribution in [0.2, 0.25) is 0 Å². The van der Waals surface area contributed by atoms with Gasteiger partial charge in [0.2, 0.25) is 0 Å². The smallest absolute Gasteiger partial charge is 0.338 e. The van der Waals surface area contributed by atoms with Gasteiger partial charge >= 0.3 is 16.3 Å². The number of hydrogen-bond acceptors (Lipinski definition) is 16. The molecule has 4 aliphatic heterocycles. The van der Waals surface area contributed by atoms with Gasteiger partial charge in [-0.1, -0.05) is 20.8 Å². The van der Waals surface area contributed by atoms with Crippen LogP contribution < -0.4 is 5.32 Å². The zero-order valence-electron chi connectivity index (χ0n) is 35.0. The number of hydrogen-bond donors (Lipinski definition) is 5. The van der Waals surface area contributed by atoms with Crippen molar-refractivity contribution in [3.63, 3.8) is 0 Å². The van der Waals surface area contributed by atoms with E-state index in [-0.39, 0.29) is 31.6 Å². The van der Waals surface area contributed by atoms with Crippen LogP contribution >= 0.6 is 0 Å². The van der Waals surface area contributed by atoms with Crippen molar-refractivity contribution in [1.29, 1.82) is 5.26 Å². The monoisotopic (exact) mass is 821 g/mol. The van der Waals surface area contributed by atoms with Gasteiger partial charge in [-0.2, -0.15) is 18.0 Å². The number of cyclic esters (lactones) is 1. The lowest BCUT2D eigenvalue weighted by molar-refractivity contribution is -0.335. The van der Waals surface area contributed by atoms with Gasteiger partial charge < -0.3 is 54.2 Å². The first-order valence-corrected chi connectivity index (χ1v) is 21.2. The van der Waals surface area contributed by atoms with E-state index in [2.05, 4.69) is 5.32 Å². The Labute approximate surface area is 332 Å². The Balaban J connectivity index is 1.83. The molecular formula is C38H67N3O14S. The number of aliphatic hydroxyl groups is 4. The summed E-state index contributed by atoms with van der Waals surface area (Å²) in [4.78, 5) is 14.3. The third-order valence-corrected chi connectivity index (χ3v) is 14.3. The molecule has 0 spiro atoms. The number of likely N-dealkylation sites (N-methyl/N-ethyl adjacent to an activating group) is 1. The van der Waals surface area contributed by atoms with Gasteiger partial charge in [0.1, 0.15) is 35.1 Å². The van der Waals surface area contributed by atoms with E-state index in [1.807, 2.05) is 13.0 Å². The average Bonchev–Trinajstić information content (AvgIpc) is 3.35. The molecule has 4 saturated heterocycles. The van der Waals surface area contributed by atoms with Crippen LogP contribution in [0, 0.1) is 29.1 Å². The van der Waals surface area contributed by atoms with E-state index in [0.717, 1.165) is 4.31 Å². The van der Waals surface area contributed by atoms with E-state index in [9.17, 15) is 38.9 Å². The van der Waals surface area contributed by atoms with Gasteiger partial charge in [-0.15, -0.1) is 0 Å². The number of esters is 1. The summed E-state index contributed by atoms with van der Waals surface area (Å²) in [6, 6.07) is 0.752. The first-order chi connectivity index (χ1) is 25.8. The lowest BCUT2D eigenvalue weighted by atomic mass is 9.73. The molecule has 0 saturated carbocycles. The van der Waals surface area contributed by atoms with Crippen LogP contribution in [0.1, 0.15) is 101 Å². The molecule has 0 unspecified atom stereocenters. The summed E-state index contributed by atoms with van der Waals surface area (Å²) in [6.07, 6.45) is -9.48. The van der Waals surface area contributed by atoms with E-state index in [0.29, 0.717) is 13.0 Å². The number of nitrogens with zero attached hydrogens (tertiary/aromatic N) is 2. The molecule has 0 bridgehead atoms. The number of carbonyl (C=O) groups excluding carboxylic acids is 1. The predicted molar refractivity (Wildman–Crippen MR) is 201 cm³/mol. The molecule has 324 valence electrons. The Kier molecular flexibility index (Phi) is 14.8. The maximum absolute atomic E-state index is 14.3. The van der Waals surface area contributed by atoms with Gasteiger partial charge in [0, 0.05) is 32.5 Å². The summed E-state index contributed by atoms with van der Waals surface area (Å²) in [5, 5.41) is 60.0. The fourth-order valence-corrected chi connectivity index (χ4v) is 10.4. The van der Waals surface area contributed by atoms with Crippen molar-refractivity contribution < 1.29 is 66.2 Å². The molecule has 4 heterocycles. The molecular weight excluding hydrogens is 754 g/mol. The lowest BCUT2D eigenvalue weighted by Gasteiger charge is -2.53. The standard InChI is InChI=1S/C38H67N3O14S/c1-13-27-37(10,45)31(42)24(6)40-19-20(2)17-35(8,44)32(54-34-30-26(16-21(3)50-34)41(11)56(47,48)55-30)22(4)29(23(5)33(43)52-27)53-28-18-36(9,49-12)38(46,14-15-39)25(7)51-28/h20-32,34,40,42,44-46H,13-14,16-19H2,1-12H3/t20-,21-,22+,23-,24-,25+,26+,27-,28+,29+,30-,31-,32-,34+,35-,36-,37-,38+/m1/s1. The highest BCUT2D eigenvalue weighted by molar-refractivity contribution is 7.84. The Hall–Kier alpha value is -1.57.